The van der Waals surface area contributed by atoms with Gasteiger partial charge in [0.15, 0.2) is 5.13 Å². The lowest BCUT2D eigenvalue weighted by Gasteiger charge is -2.38. The molecule has 0 saturated carbocycles. The maximum absolute atomic E-state index is 5.92. The fourth-order valence-corrected chi connectivity index (χ4v) is 3.75. The predicted molar refractivity (Wildman–Crippen MR) is 79.8 cm³/mol. The summed E-state index contributed by atoms with van der Waals surface area (Å²) in [5.41, 5.74) is 7.00. The SMILES string of the molecule is COC1CCN(c2nc3ccccc3s2)C(CN)C1. The van der Waals surface area contributed by atoms with Gasteiger partial charge in [-0.3, -0.25) is 0 Å². The van der Waals surface area contributed by atoms with E-state index < -0.39 is 0 Å². The van der Waals surface area contributed by atoms with E-state index in [1.54, 1.807) is 18.4 Å². The fraction of sp³-hybridized carbons (Fsp3) is 0.500. The number of aromatic nitrogens is 1. The van der Waals surface area contributed by atoms with Crippen molar-refractivity contribution in [2.75, 3.05) is 25.1 Å². The van der Waals surface area contributed by atoms with Gasteiger partial charge in [0.2, 0.25) is 0 Å². The van der Waals surface area contributed by atoms with Crippen LogP contribution in [-0.4, -0.2) is 37.3 Å². The van der Waals surface area contributed by atoms with Gasteiger partial charge in [0.25, 0.3) is 0 Å². The third-order valence-electron chi connectivity index (χ3n) is 3.80. The maximum atomic E-state index is 5.92. The number of benzene rings is 1. The second-order valence-corrected chi connectivity index (χ2v) is 5.94. The van der Waals surface area contributed by atoms with Crippen LogP contribution in [0, 0.1) is 0 Å². The molecule has 1 aliphatic heterocycles. The molecule has 1 saturated heterocycles. The van der Waals surface area contributed by atoms with Gasteiger partial charge >= 0.3 is 0 Å². The monoisotopic (exact) mass is 277 g/mol. The number of hydrogen-bond acceptors (Lipinski definition) is 5. The van der Waals surface area contributed by atoms with E-state index in [0.29, 0.717) is 18.7 Å². The number of nitrogens with two attached hydrogens (primary N) is 1. The van der Waals surface area contributed by atoms with E-state index in [1.807, 2.05) is 6.07 Å². The number of anilines is 1. The third kappa shape index (κ3) is 2.45. The van der Waals surface area contributed by atoms with Crippen LogP contribution < -0.4 is 10.6 Å². The Morgan fingerprint density at radius 1 is 1.47 bits per heavy atom. The Morgan fingerprint density at radius 3 is 3.05 bits per heavy atom. The smallest absolute Gasteiger partial charge is 0.186 e. The summed E-state index contributed by atoms with van der Waals surface area (Å²) in [5, 5.41) is 1.09. The molecule has 4 nitrogen and oxygen atoms in total. The molecule has 2 atom stereocenters. The zero-order valence-electron chi connectivity index (χ0n) is 11.1. The maximum Gasteiger partial charge on any atom is 0.186 e. The number of piperidine rings is 1. The predicted octanol–water partition coefficient (Wildman–Crippen LogP) is 2.24. The molecule has 3 rings (SSSR count). The van der Waals surface area contributed by atoms with Crippen molar-refractivity contribution >= 4 is 26.7 Å². The van der Waals surface area contributed by atoms with Gasteiger partial charge < -0.3 is 15.4 Å². The molecule has 2 N–H and O–H groups in total. The fourth-order valence-electron chi connectivity index (χ4n) is 2.69. The molecular formula is C14H19N3OS. The molecule has 1 aromatic carbocycles. The first-order valence-corrected chi connectivity index (χ1v) is 7.48. The molecule has 5 heteroatoms. The molecule has 19 heavy (non-hydrogen) atoms. The number of thiazole rings is 1. The lowest BCUT2D eigenvalue weighted by molar-refractivity contribution is 0.0709. The van der Waals surface area contributed by atoms with Crippen molar-refractivity contribution in [2.45, 2.75) is 25.0 Å². The summed E-state index contributed by atoms with van der Waals surface area (Å²) in [6, 6.07) is 8.61. The molecule has 0 bridgehead atoms. The number of para-hydroxylation sites is 1. The second kappa shape index (κ2) is 5.45. The molecule has 1 fully saturated rings. The second-order valence-electron chi connectivity index (χ2n) is 4.93. The molecule has 1 aliphatic rings. The highest BCUT2D eigenvalue weighted by atomic mass is 32.1. The van der Waals surface area contributed by atoms with Crippen LogP contribution in [0.15, 0.2) is 24.3 Å². The number of methoxy groups -OCH3 is 1. The van der Waals surface area contributed by atoms with Crippen molar-refractivity contribution in [3.05, 3.63) is 24.3 Å². The molecule has 0 radical (unpaired) electrons. The third-order valence-corrected chi connectivity index (χ3v) is 4.87. The zero-order chi connectivity index (χ0) is 13.2. The average molecular weight is 277 g/mol. The van der Waals surface area contributed by atoms with Gasteiger partial charge in [0, 0.05) is 26.2 Å². The van der Waals surface area contributed by atoms with Gasteiger partial charge in [-0.15, -0.1) is 0 Å². The van der Waals surface area contributed by atoms with Crippen molar-refractivity contribution < 1.29 is 4.74 Å². The van der Waals surface area contributed by atoms with Crippen LogP contribution in [0.3, 0.4) is 0 Å². The highest BCUT2D eigenvalue weighted by molar-refractivity contribution is 7.22. The first-order chi connectivity index (χ1) is 9.31. The summed E-state index contributed by atoms with van der Waals surface area (Å²) < 4.78 is 6.71. The Hall–Kier alpha value is -1.17. The van der Waals surface area contributed by atoms with Gasteiger partial charge in [0.05, 0.1) is 16.3 Å². The van der Waals surface area contributed by atoms with Gasteiger partial charge in [0.1, 0.15) is 0 Å². The van der Waals surface area contributed by atoms with Crippen LogP contribution in [0.2, 0.25) is 0 Å². The number of nitrogens with zero attached hydrogens (tertiary/aromatic N) is 2. The molecule has 1 aromatic heterocycles. The molecule has 102 valence electrons. The largest absolute Gasteiger partial charge is 0.381 e. The molecular weight excluding hydrogens is 258 g/mol. The number of hydrogen-bond donors (Lipinski definition) is 1. The molecule has 0 spiro atoms. The van der Waals surface area contributed by atoms with E-state index in [9.17, 15) is 0 Å². The van der Waals surface area contributed by atoms with Crippen LogP contribution in [-0.2, 0) is 4.74 Å². The van der Waals surface area contributed by atoms with E-state index >= 15 is 0 Å². The van der Waals surface area contributed by atoms with Crippen LogP contribution >= 0.6 is 11.3 Å². The molecule has 2 heterocycles. The van der Waals surface area contributed by atoms with Gasteiger partial charge in [-0.1, -0.05) is 23.5 Å². The van der Waals surface area contributed by atoms with E-state index in [-0.39, 0.29) is 0 Å². The molecule has 2 unspecified atom stereocenters. The van der Waals surface area contributed by atoms with Gasteiger partial charge in [-0.05, 0) is 25.0 Å². The van der Waals surface area contributed by atoms with Crippen molar-refractivity contribution in [1.82, 2.24) is 4.98 Å². The Kier molecular flexibility index (Phi) is 3.68. The summed E-state index contributed by atoms with van der Waals surface area (Å²) in [7, 11) is 1.78. The van der Waals surface area contributed by atoms with E-state index in [1.165, 1.54) is 4.70 Å². The number of fused-ring (bicyclic) bond motifs is 1. The summed E-state index contributed by atoms with van der Waals surface area (Å²) >= 11 is 1.75. The first-order valence-electron chi connectivity index (χ1n) is 6.67. The standard InChI is InChI=1S/C14H19N3OS/c1-18-11-6-7-17(10(8-11)9-15)14-16-12-4-2-3-5-13(12)19-14/h2-5,10-11H,6-9,15H2,1H3. The Morgan fingerprint density at radius 2 is 2.32 bits per heavy atom. The molecule has 2 aromatic rings. The molecule has 0 amide bonds. The van der Waals surface area contributed by atoms with Crippen molar-refractivity contribution in [1.29, 1.82) is 0 Å². The summed E-state index contributed by atoms with van der Waals surface area (Å²) in [5.74, 6) is 0. The van der Waals surface area contributed by atoms with Gasteiger partial charge in [-0.2, -0.15) is 0 Å². The summed E-state index contributed by atoms with van der Waals surface area (Å²) in [6.45, 7) is 1.62. The Bertz CT molecular complexity index is 523. The van der Waals surface area contributed by atoms with Gasteiger partial charge in [-0.25, -0.2) is 4.98 Å². The minimum Gasteiger partial charge on any atom is -0.381 e. The first kappa shape index (κ1) is 12.8. The lowest BCUT2D eigenvalue weighted by Crippen LogP contribution is -2.48. The van der Waals surface area contributed by atoms with Crippen LogP contribution in [0.4, 0.5) is 5.13 Å². The lowest BCUT2D eigenvalue weighted by atomic mass is 10.00. The van der Waals surface area contributed by atoms with E-state index in [0.717, 1.165) is 30.0 Å². The minimum atomic E-state index is 0.333. The summed E-state index contributed by atoms with van der Waals surface area (Å²) in [4.78, 5) is 7.08. The van der Waals surface area contributed by atoms with Crippen molar-refractivity contribution in [2.24, 2.45) is 5.73 Å². The van der Waals surface area contributed by atoms with Crippen molar-refractivity contribution in [3.8, 4) is 0 Å². The quantitative estimate of drug-likeness (QED) is 0.935. The normalized spacial score (nSPS) is 24.0. The zero-order valence-corrected chi connectivity index (χ0v) is 11.9. The van der Waals surface area contributed by atoms with Crippen LogP contribution in [0.5, 0.6) is 0 Å². The van der Waals surface area contributed by atoms with E-state index in [4.69, 9.17) is 15.5 Å². The highest BCUT2D eigenvalue weighted by Crippen LogP contribution is 2.32. The van der Waals surface area contributed by atoms with E-state index in [2.05, 4.69) is 23.1 Å². The number of ether oxygens (including phenoxy) is 1. The van der Waals surface area contributed by atoms with Crippen LogP contribution in [0.1, 0.15) is 12.8 Å². The van der Waals surface area contributed by atoms with Crippen LogP contribution in [0.25, 0.3) is 10.2 Å². The topological polar surface area (TPSA) is 51.4 Å². The Balaban J connectivity index is 1.87. The molecule has 0 aliphatic carbocycles. The highest BCUT2D eigenvalue weighted by Gasteiger charge is 2.29. The average Bonchev–Trinajstić information content (AvgIpc) is 2.90. The number of rotatable bonds is 3. The summed E-state index contributed by atoms with van der Waals surface area (Å²) in [6.07, 6.45) is 2.37. The Labute approximate surface area is 117 Å². The van der Waals surface area contributed by atoms with Crippen molar-refractivity contribution in [3.63, 3.8) is 0 Å². The minimum absolute atomic E-state index is 0.333.